The molecule has 5 heteroatoms. The molecule has 1 heterocycles. The van der Waals surface area contributed by atoms with Gasteiger partial charge in [-0.25, -0.2) is 0 Å². The average Bonchev–Trinajstić information content (AvgIpc) is 2.29. The Hall–Kier alpha value is -0.200. The first-order chi connectivity index (χ1) is 8.45. The zero-order chi connectivity index (χ0) is 13.6. The van der Waals surface area contributed by atoms with Crippen molar-refractivity contribution in [3.8, 4) is 0 Å². The predicted molar refractivity (Wildman–Crippen MR) is 73.9 cm³/mol. The summed E-state index contributed by atoms with van der Waals surface area (Å²) >= 11 is 0. The third-order valence-corrected chi connectivity index (χ3v) is 3.73. The highest BCUT2D eigenvalue weighted by atomic mass is 16.5. The summed E-state index contributed by atoms with van der Waals surface area (Å²) in [7, 11) is 3.85. The van der Waals surface area contributed by atoms with Crippen LogP contribution in [0.1, 0.15) is 13.8 Å². The molecule has 0 aromatic heterocycles. The quantitative estimate of drug-likeness (QED) is 0.610. The Bertz CT molecular complexity index is 236. The largest absolute Gasteiger partial charge is 0.390 e. The Labute approximate surface area is 111 Å². The van der Waals surface area contributed by atoms with Crippen LogP contribution in [0.3, 0.4) is 0 Å². The average molecular weight is 259 g/mol. The minimum Gasteiger partial charge on any atom is -0.390 e. The van der Waals surface area contributed by atoms with Gasteiger partial charge in [-0.05, 0) is 20.9 Å². The van der Waals surface area contributed by atoms with Crippen molar-refractivity contribution in [3.05, 3.63) is 0 Å². The van der Waals surface area contributed by atoms with Crippen molar-refractivity contribution in [2.75, 3.05) is 60.0 Å². The van der Waals surface area contributed by atoms with E-state index >= 15 is 0 Å². The number of hydrogen-bond donors (Lipinski definition) is 2. The van der Waals surface area contributed by atoms with Crippen molar-refractivity contribution in [3.63, 3.8) is 0 Å². The third kappa shape index (κ3) is 5.20. The smallest absolute Gasteiger partial charge is 0.0791 e. The van der Waals surface area contributed by atoms with E-state index < -0.39 is 0 Å². The van der Waals surface area contributed by atoms with Crippen molar-refractivity contribution in [2.45, 2.75) is 25.5 Å². The van der Waals surface area contributed by atoms with E-state index in [-0.39, 0.29) is 11.6 Å². The van der Waals surface area contributed by atoms with Gasteiger partial charge in [0.05, 0.1) is 12.7 Å². The number of aliphatic hydroxyl groups excluding tert-OH is 1. The van der Waals surface area contributed by atoms with Gasteiger partial charge < -0.3 is 15.2 Å². The van der Waals surface area contributed by atoms with Crippen LogP contribution in [0.15, 0.2) is 0 Å². The Morgan fingerprint density at radius 2 is 2.11 bits per heavy atom. The van der Waals surface area contributed by atoms with Crippen molar-refractivity contribution in [2.24, 2.45) is 0 Å². The number of β-amino-alcohol motifs (C(OH)–C–C–N with tert-alkyl or cyclic N) is 1. The first-order valence-corrected chi connectivity index (χ1v) is 6.77. The van der Waals surface area contributed by atoms with E-state index in [1.807, 2.05) is 0 Å². The second-order valence-electron chi connectivity index (χ2n) is 5.82. The van der Waals surface area contributed by atoms with Gasteiger partial charge in [0.2, 0.25) is 0 Å². The Balaban J connectivity index is 2.22. The lowest BCUT2D eigenvalue weighted by atomic mass is 9.99. The lowest BCUT2D eigenvalue weighted by molar-refractivity contribution is 0.0146. The number of nitrogens with one attached hydrogen (secondary N) is 1. The van der Waals surface area contributed by atoms with E-state index in [0.717, 1.165) is 32.7 Å². The summed E-state index contributed by atoms with van der Waals surface area (Å²) in [6, 6.07) is 0. The van der Waals surface area contributed by atoms with E-state index in [1.54, 1.807) is 7.11 Å². The highest BCUT2D eigenvalue weighted by molar-refractivity contribution is 4.88. The van der Waals surface area contributed by atoms with Crippen molar-refractivity contribution in [1.29, 1.82) is 0 Å². The molecule has 1 rings (SSSR count). The molecule has 1 saturated heterocycles. The first kappa shape index (κ1) is 15.9. The molecule has 0 amide bonds. The Kier molecular flexibility index (Phi) is 6.52. The maximum Gasteiger partial charge on any atom is 0.0791 e. The molecule has 1 fully saturated rings. The number of rotatable bonds is 7. The summed E-state index contributed by atoms with van der Waals surface area (Å²) in [4.78, 5) is 4.73. The summed E-state index contributed by atoms with van der Waals surface area (Å²) in [6.07, 6.45) is -0.305. The van der Waals surface area contributed by atoms with Gasteiger partial charge >= 0.3 is 0 Å². The predicted octanol–water partition coefficient (Wildman–Crippen LogP) is -0.391. The highest BCUT2D eigenvalue weighted by Crippen LogP contribution is 2.18. The van der Waals surface area contributed by atoms with E-state index in [0.29, 0.717) is 13.2 Å². The van der Waals surface area contributed by atoms with Gasteiger partial charge in [0.25, 0.3) is 0 Å². The molecular formula is C13H29N3O2. The van der Waals surface area contributed by atoms with Gasteiger partial charge in [-0.1, -0.05) is 0 Å². The van der Waals surface area contributed by atoms with Gasteiger partial charge in [0, 0.05) is 51.9 Å². The van der Waals surface area contributed by atoms with E-state index in [4.69, 9.17) is 4.74 Å². The molecule has 18 heavy (non-hydrogen) atoms. The molecule has 108 valence electrons. The minimum atomic E-state index is -0.305. The molecule has 0 aromatic carbocycles. The molecule has 1 atom stereocenters. The van der Waals surface area contributed by atoms with E-state index in [9.17, 15) is 5.11 Å². The van der Waals surface area contributed by atoms with Crippen LogP contribution in [0.2, 0.25) is 0 Å². The van der Waals surface area contributed by atoms with Gasteiger partial charge in [0.15, 0.2) is 0 Å². The second kappa shape index (κ2) is 7.40. The third-order valence-electron chi connectivity index (χ3n) is 3.73. The number of ether oxygens (including phenoxy) is 1. The van der Waals surface area contributed by atoms with E-state index in [2.05, 4.69) is 36.0 Å². The van der Waals surface area contributed by atoms with Crippen molar-refractivity contribution >= 4 is 0 Å². The summed E-state index contributed by atoms with van der Waals surface area (Å²) in [5.74, 6) is 0. The lowest BCUT2D eigenvalue weighted by Crippen LogP contribution is -2.59. The number of methoxy groups -OCH3 is 1. The summed E-state index contributed by atoms with van der Waals surface area (Å²) in [5.41, 5.74) is 0.196. The van der Waals surface area contributed by atoms with Gasteiger partial charge in [0.1, 0.15) is 0 Å². The van der Waals surface area contributed by atoms with E-state index in [1.165, 1.54) is 0 Å². The van der Waals surface area contributed by atoms with Gasteiger partial charge in [-0.2, -0.15) is 0 Å². The van der Waals surface area contributed by atoms with Crippen LogP contribution in [-0.4, -0.2) is 86.6 Å². The first-order valence-electron chi connectivity index (χ1n) is 6.77. The molecule has 0 saturated carbocycles. The standard InChI is InChI=1S/C13H29N3O2/c1-13(2)11-16(7-6-15(13)3)10-12(17)9-14-5-8-18-4/h12,14,17H,5-11H2,1-4H3. The number of piperazine rings is 1. The van der Waals surface area contributed by atoms with Crippen LogP contribution >= 0.6 is 0 Å². The fourth-order valence-electron chi connectivity index (χ4n) is 2.30. The van der Waals surface area contributed by atoms with Crippen molar-refractivity contribution < 1.29 is 9.84 Å². The topological polar surface area (TPSA) is 48.0 Å². The molecule has 0 aliphatic carbocycles. The van der Waals surface area contributed by atoms with Crippen LogP contribution in [-0.2, 0) is 4.74 Å². The Morgan fingerprint density at radius 1 is 1.39 bits per heavy atom. The number of aliphatic hydroxyl groups is 1. The second-order valence-corrected chi connectivity index (χ2v) is 5.82. The summed E-state index contributed by atoms with van der Waals surface area (Å²) < 4.78 is 4.95. The van der Waals surface area contributed by atoms with Gasteiger partial charge in [-0.15, -0.1) is 0 Å². The van der Waals surface area contributed by atoms with Crippen LogP contribution in [0.4, 0.5) is 0 Å². The van der Waals surface area contributed by atoms with Crippen LogP contribution < -0.4 is 5.32 Å². The number of hydrogen-bond acceptors (Lipinski definition) is 5. The zero-order valence-corrected chi connectivity index (χ0v) is 12.3. The molecule has 0 aromatic rings. The molecule has 1 aliphatic heterocycles. The molecule has 0 spiro atoms. The molecule has 2 N–H and O–H groups in total. The summed E-state index contributed by atoms with van der Waals surface area (Å²) in [5, 5.41) is 13.2. The van der Waals surface area contributed by atoms with Crippen LogP contribution in [0.5, 0.6) is 0 Å². The maximum absolute atomic E-state index is 9.98. The fraction of sp³-hybridized carbons (Fsp3) is 1.00. The van der Waals surface area contributed by atoms with Crippen molar-refractivity contribution in [1.82, 2.24) is 15.1 Å². The Morgan fingerprint density at radius 3 is 2.72 bits per heavy atom. The van der Waals surface area contributed by atoms with Crippen LogP contribution in [0.25, 0.3) is 0 Å². The number of likely N-dealkylation sites (N-methyl/N-ethyl adjacent to an activating group) is 1. The van der Waals surface area contributed by atoms with Crippen LogP contribution in [0, 0.1) is 0 Å². The molecule has 1 unspecified atom stereocenters. The normalized spacial score (nSPS) is 23.2. The maximum atomic E-state index is 9.98. The molecule has 5 nitrogen and oxygen atoms in total. The lowest BCUT2D eigenvalue weighted by Gasteiger charge is -2.45. The fourth-order valence-corrected chi connectivity index (χ4v) is 2.30. The number of nitrogens with zero attached hydrogens (tertiary/aromatic N) is 2. The SMILES string of the molecule is COCCNCC(O)CN1CCN(C)C(C)(C)C1. The monoisotopic (exact) mass is 259 g/mol. The molecule has 0 radical (unpaired) electrons. The highest BCUT2D eigenvalue weighted by Gasteiger charge is 2.31. The summed E-state index contributed by atoms with van der Waals surface area (Å²) in [6.45, 7) is 10.5. The molecule has 1 aliphatic rings. The molecular weight excluding hydrogens is 230 g/mol. The molecule has 0 bridgehead atoms. The zero-order valence-electron chi connectivity index (χ0n) is 12.3. The minimum absolute atomic E-state index is 0.196. The van der Waals surface area contributed by atoms with Gasteiger partial charge in [-0.3, -0.25) is 9.80 Å².